The van der Waals surface area contributed by atoms with E-state index in [1.807, 2.05) is 11.8 Å². The molecule has 1 aromatic rings. The first kappa shape index (κ1) is 16.5. The largest absolute Gasteiger partial charge is 0.310 e. The van der Waals surface area contributed by atoms with Crippen LogP contribution in [0.15, 0.2) is 18.2 Å². The van der Waals surface area contributed by atoms with E-state index in [1.54, 1.807) is 0 Å². The molecular formula is C16H28N2S. The highest BCUT2D eigenvalue weighted by molar-refractivity contribution is 7.99. The summed E-state index contributed by atoms with van der Waals surface area (Å²) in [6.45, 7) is 8.71. The number of nitrogens with zero attached hydrogens (tertiary/aromatic N) is 1. The normalized spacial score (nSPS) is 12.9. The molecule has 0 aliphatic rings. The fraction of sp³-hybridized carbons (Fsp3) is 0.625. The van der Waals surface area contributed by atoms with Crippen molar-refractivity contribution < 1.29 is 0 Å². The van der Waals surface area contributed by atoms with E-state index in [1.165, 1.54) is 22.4 Å². The predicted molar refractivity (Wildman–Crippen MR) is 88.2 cm³/mol. The Morgan fingerprint density at radius 1 is 1.16 bits per heavy atom. The molecule has 3 heteroatoms. The first-order valence-electron chi connectivity index (χ1n) is 7.07. The summed E-state index contributed by atoms with van der Waals surface area (Å²) in [5, 5.41) is 3.61. The standard InChI is InChI=1S/C16H28N2S/c1-6-17-16(12-19-8-7-18(4)5)15-10-13(2)9-14(3)11-15/h9-11,16-17H,6-8,12H2,1-5H3. The second-order valence-electron chi connectivity index (χ2n) is 5.41. The Balaban J connectivity index is 2.60. The van der Waals surface area contributed by atoms with Gasteiger partial charge in [-0.3, -0.25) is 0 Å². The van der Waals surface area contributed by atoms with Crippen molar-refractivity contribution in [1.29, 1.82) is 0 Å². The zero-order chi connectivity index (χ0) is 14.3. The fourth-order valence-corrected chi connectivity index (χ4v) is 3.39. The Bertz CT molecular complexity index is 357. The van der Waals surface area contributed by atoms with Gasteiger partial charge in [0.05, 0.1) is 0 Å². The van der Waals surface area contributed by atoms with Crippen molar-refractivity contribution in [3.8, 4) is 0 Å². The van der Waals surface area contributed by atoms with Gasteiger partial charge in [0.1, 0.15) is 0 Å². The molecule has 2 nitrogen and oxygen atoms in total. The van der Waals surface area contributed by atoms with Gasteiger partial charge in [-0.25, -0.2) is 0 Å². The number of nitrogens with one attached hydrogen (secondary N) is 1. The molecule has 0 saturated carbocycles. The first-order chi connectivity index (χ1) is 9.02. The second kappa shape index (κ2) is 8.62. The topological polar surface area (TPSA) is 15.3 Å². The minimum atomic E-state index is 0.468. The lowest BCUT2D eigenvalue weighted by Gasteiger charge is -2.20. The highest BCUT2D eigenvalue weighted by atomic mass is 32.2. The Morgan fingerprint density at radius 2 is 1.79 bits per heavy atom. The van der Waals surface area contributed by atoms with Crippen LogP contribution in [0.1, 0.15) is 29.7 Å². The molecule has 1 unspecified atom stereocenters. The number of hydrogen-bond acceptors (Lipinski definition) is 3. The first-order valence-corrected chi connectivity index (χ1v) is 8.22. The van der Waals surface area contributed by atoms with E-state index in [9.17, 15) is 0 Å². The molecule has 1 aromatic carbocycles. The Labute approximate surface area is 123 Å². The molecule has 0 amide bonds. The number of thioether (sulfide) groups is 1. The lowest BCUT2D eigenvalue weighted by atomic mass is 10.0. The van der Waals surface area contributed by atoms with Crippen molar-refractivity contribution in [2.45, 2.75) is 26.8 Å². The predicted octanol–water partition coefficient (Wildman–Crippen LogP) is 3.25. The zero-order valence-electron chi connectivity index (χ0n) is 13.0. The van der Waals surface area contributed by atoms with Gasteiger partial charge in [-0.15, -0.1) is 0 Å². The van der Waals surface area contributed by atoms with Crippen molar-refractivity contribution in [3.05, 3.63) is 34.9 Å². The molecule has 1 atom stereocenters. The SMILES string of the molecule is CCNC(CSCCN(C)C)c1cc(C)cc(C)c1. The maximum Gasteiger partial charge on any atom is 0.0411 e. The van der Waals surface area contributed by atoms with Crippen LogP contribution in [-0.4, -0.2) is 43.6 Å². The number of rotatable bonds is 8. The quantitative estimate of drug-likeness (QED) is 0.736. The van der Waals surface area contributed by atoms with E-state index in [0.717, 1.165) is 18.8 Å². The summed E-state index contributed by atoms with van der Waals surface area (Å²) in [6, 6.07) is 7.33. The molecule has 0 saturated heterocycles. The highest BCUT2D eigenvalue weighted by Gasteiger charge is 2.11. The second-order valence-corrected chi connectivity index (χ2v) is 6.56. The van der Waals surface area contributed by atoms with Crippen LogP contribution < -0.4 is 5.32 Å². The summed E-state index contributed by atoms with van der Waals surface area (Å²) in [6.07, 6.45) is 0. The summed E-state index contributed by atoms with van der Waals surface area (Å²) < 4.78 is 0. The summed E-state index contributed by atoms with van der Waals surface area (Å²) in [5.41, 5.74) is 4.14. The van der Waals surface area contributed by atoms with Crippen LogP contribution in [0.25, 0.3) is 0 Å². The fourth-order valence-electron chi connectivity index (χ4n) is 2.18. The molecule has 0 bridgehead atoms. The summed E-state index contributed by atoms with van der Waals surface area (Å²) in [4.78, 5) is 2.24. The number of hydrogen-bond donors (Lipinski definition) is 1. The Morgan fingerprint density at radius 3 is 2.32 bits per heavy atom. The monoisotopic (exact) mass is 280 g/mol. The van der Waals surface area contributed by atoms with Crippen LogP contribution in [0.4, 0.5) is 0 Å². The van der Waals surface area contributed by atoms with Gasteiger partial charge in [0.15, 0.2) is 0 Å². The van der Waals surface area contributed by atoms with Gasteiger partial charge in [0.2, 0.25) is 0 Å². The van der Waals surface area contributed by atoms with Gasteiger partial charge in [-0.05, 0) is 40.1 Å². The smallest absolute Gasteiger partial charge is 0.0411 e. The lowest BCUT2D eigenvalue weighted by molar-refractivity contribution is 0.437. The number of benzene rings is 1. The van der Waals surface area contributed by atoms with Gasteiger partial charge in [0.25, 0.3) is 0 Å². The van der Waals surface area contributed by atoms with Crippen LogP contribution in [0, 0.1) is 13.8 Å². The molecule has 0 aliphatic carbocycles. The van der Waals surface area contributed by atoms with Crippen LogP contribution in [-0.2, 0) is 0 Å². The molecule has 0 radical (unpaired) electrons. The molecular weight excluding hydrogens is 252 g/mol. The number of aryl methyl sites for hydroxylation is 2. The van der Waals surface area contributed by atoms with Gasteiger partial charge in [-0.2, -0.15) is 11.8 Å². The maximum atomic E-state index is 3.61. The van der Waals surface area contributed by atoms with Gasteiger partial charge in [0, 0.05) is 24.1 Å². The van der Waals surface area contributed by atoms with E-state index >= 15 is 0 Å². The molecule has 0 fully saturated rings. The summed E-state index contributed by atoms with van der Waals surface area (Å²) >= 11 is 2.03. The van der Waals surface area contributed by atoms with E-state index in [2.05, 4.69) is 63.3 Å². The molecule has 108 valence electrons. The van der Waals surface area contributed by atoms with Crippen molar-refractivity contribution >= 4 is 11.8 Å². The lowest BCUT2D eigenvalue weighted by Crippen LogP contribution is -2.24. The van der Waals surface area contributed by atoms with E-state index in [4.69, 9.17) is 0 Å². The molecule has 1 N–H and O–H groups in total. The summed E-state index contributed by atoms with van der Waals surface area (Å²) in [5.74, 6) is 2.34. The maximum absolute atomic E-state index is 3.61. The summed E-state index contributed by atoms with van der Waals surface area (Å²) in [7, 11) is 4.26. The average Bonchev–Trinajstić information content (AvgIpc) is 2.31. The highest BCUT2D eigenvalue weighted by Crippen LogP contribution is 2.21. The van der Waals surface area contributed by atoms with Crippen molar-refractivity contribution in [2.24, 2.45) is 0 Å². The molecule has 0 heterocycles. The van der Waals surface area contributed by atoms with Crippen molar-refractivity contribution in [3.63, 3.8) is 0 Å². The third kappa shape index (κ3) is 6.46. The van der Waals surface area contributed by atoms with E-state index < -0.39 is 0 Å². The molecule has 19 heavy (non-hydrogen) atoms. The third-order valence-electron chi connectivity index (χ3n) is 3.06. The Hall–Kier alpha value is -0.510. The van der Waals surface area contributed by atoms with E-state index in [0.29, 0.717) is 6.04 Å². The van der Waals surface area contributed by atoms with E-state index in [-0.39, 0.29) is 0 Å². The van der Waals surface area contributed by atoms with Gasteiger partial charge >= 0.3 is 0 Å². The zero-order valence-corrected chi connectivity index (χ0v) is 13.8. The minimum Gasteiger partial charge on any atom is -0.310 e. The molecule has 1 rings (SSSR count). The van der Waals surface area contributed by atoms with Gasteiger partial charge in [-0.1, -0.05) is 36.2 Å². The van der Waals surface area contributed by atoms with Crippen molar-refractivity contribution in [2.75, 3.05) is 38.7 Å². The molecule has 0 aliphatic heterocycles. The average molecular weight is 280 g/mol. The van der Waals surface area contributed by atoms with Crippen LogP contribution in [0.3, 0.4) is 0 Å². The van der Waals surface area contributed by atoms with Crippen LogP contribution in [0.5, 0.6) is 0 Å². The van der Waals surface area contributed by atoms with Crippen LogP contribution >= 0.6 is 11.8 Å². The van der Waals surface area contributed by atoms with Crippen LogP contribution in [0.2, 0.25) is 0 Å². The third-order valence-corrected chi connectivity index (χ3v) is 4.10. The van der Waals surface area contributed by atoms with Crippen molar-refractivity contribution in [1.82, 2.24) is 10.2 Å². The minimum absolute atomic E-state index is 0.468. The van der Waals surface area contributed by atoms with Gasteiger partial charge < -0.3 is 10.2 Å². The molecule has 0 spiro atoms. The molecule has 0 aromatic heterocycles. The Kier molecular flexibility index (Phi) is 7.51.